The van der Waals surface area contributed by atoms with Gasteiger partial charge >= 0.3 is 11.9 Å². The highest BCUT2D eigenvalue weighted by Crippen LogP contribution is 2.03. The number of benzene rings is 2. The third-order valence-electron chi connectivity index (χ3n) is 4.37. The minimum absolute atomic E-state index is 0.282. The second-order valence-electron chi connectivity index (χ2n) is 6.80. The van der Waals surface area contributed by atoms with E-state index in [0.29, 0.717) is 17.5 Å². The summed E-state index contributed by atoms with van der Waals surface area (Å²) in [4.78, 5) is 46.0. The Morgan fingerprint density at radius 2 is 1.24 bits per heavy atom. The van der Waals surface area contributed by atoms with Gasteiger partial charge in [0.05, 0.1) is 14.2 Å². The Hall–Kier alpha value is -3.94. The summed E-state index contributed by atoms with van der Waals surface area (Å²) in [5, 5.41) is 5.19. The van der Waals surface area contributed by atoms with Crippen LogP contribution in [-0.2, 0) is 19.1 Å². The molecule has 1 unspecified atom stereocenters. The van der Waals surface area contributed by atoms with Crippen LogP contribution < -0.4 is 10.6 Å². The van der Waals surface area contributed by atoms with Crippen LogP contribution >= 0.6 is 0 Å². The smallest absolute Gasteiger partial charge is 0.328 e. The van der Waals surface area contributed by atoms with Crippen LogP contribution in [0.1, 0.15) is 41.0 Å². The number of carbonyl (C=O) groups excluding carboxylic acids is 4. The maximum atomic E-state index is 11.9. The molecule has 2 N–H and O–H groups in total. The van der Waals surface area contributed by atoms with Crippen LogP contribution in [0.25, 0.3) is 0 Å². The van der Waals surface area contributed by atoms with Gasteiger partial charge in [-0.3, -0.25) is 9.59 Å². The Morgan fingerprint density at radius 3 is 1.67 bits per heavy atom. The van der Waals surface area contributed by atoms with E-state index < -0.39 is 24.0 Å². The van der Waals surface area contributed by atoms with Crippen molar-refractivity contribution in [2.24, 2.45) is 0 Å². The molecular formula is C25H30N2O6. The Morgan fingerprint density at radius 1 is 0.788 bits per heavy atom. The predicted molar refractivity (Wildman–Crippen MR) is 125 cm³/mol. The van der Waals surface area contributed by atoms with Crippen molar-refractivity contribution < 1.29 is 28.7 Å². The van der Waals surface area contributed by atoms with Crippen LogP contribution in [0.15, 0.2) is 72.8 Å². The van der Waals surface area contributed by atoms with Gasteiger partial charge in [-0.05, 0) is 44.5 Å². The second-order valence-corrected chi connectivity index (χ2v) is 6.80. The SMILES string of the molecule is C/C=C/C[C@H](NC(=O)c1ccccc1)C(=O)OC.COC(=O)C(C)NC(=O)c1ccccc1. The summed E-state index contributed by atoms with van der Waals surface area (Å²) in [6, 6.07) is 16.2. The van der Waals surface area contributed by atoms with Gasteiger partial charge in [0.2, 0.25) is 0 Å². The molecule has 0 bridgehead atoms. The number of rotatable bonds is 8. The van der Waals surface area contributed by atoms with Gasteiger partial charge in [-0.25, -0.2) is 9.59 Å². The van der Waals surface area contributed by atoms with Crippen LogP contribution in [-0.4, -0.2) is 50.1 Å². The van der Waals surface area contributed by atoms with E-state index in [9.17, 15) is 19.2 Å². The lowest BCUT2D eigenvalue weighted by Crippen LogP contribution is -2.41. The van der Waals surface area contributed by atoms with E-state index in [2.05, 4.69) is 20.1 Å². The molecule has 0 saturated heterocycles. The van der Waals surface area contributed by atoms with Crippen molar-refractivity contribution in [1.29, 1.82) is 0 Å². The van der Waals surface area contributed by atoms with Gasteiger partial charge in [-0.15, -0.1) is 0 Å². The lowest BCUT2D eigenvalue weighted by atomic mass is 10.1. The van der Waals surface area contributed by atoms with E-state index in [0.717, 1.165) is 0 Å². The quantitative estimate of drug-likeness (QED) is 0.469. The number of ether oxygens (including phenoxy) is 2. The van der Waals surface area contributed by atoms with Crippen LogP contribution in [0, 0.1) is 0 Å². The lowest BCUT2D eigenvalue weighted by Gasteiger charge is -2.14. The van der Waals surface area contributed by atoms with Crippen molar-refractivity contribution >= 4 is 23.8 Å². The van der Waals surface area contributed by atoms with Crippen LogP contribution in [0.3, 0.4) is 0 Å². The summed E-state index contributed by atoms with van der Waals surface area (Å²) in [5.41, 5.74) is 1.04. The zero-order chi connectivity index (χ0) is 24.6. The minimum Gasteiger partial charge on any atom is -0.467 e. The molecule has 8 nitrogen and oxygen atoms in total. The van der Waals surface area contributed by atoms with E-state index in [1.54, 1.807) is 55.5 Å². The third-order valence-corrected chi connectivity index (χ3v) is 4.37. The molecule has 2 atom stereocenters. The molecule has 176 valence electrons. The van der Waals surface area contributed by atoms with Gasteiger partial charge in [0.15, 0.2) is 0 Å². The van der Waals surface area contributed by atoms with Gasteiger partial charge in [-0.2, -0.15) is 0 Å². The molecule has 0 aliphatic carbocycles. The molecule has 0 saturated carbocycles. The van der Waals surface area contributed by atoms with Gasteiger partial charge in [0, 0.05) is 11.1 Å². The molecule has 2 aromatic carbocycles. The third kappa shape index (κ3) is 9.82. The van der Waals surface area contributed by atoms with Crippen LogP contribution in [0.2, 0.25) is 0 Å². The summed E-state index contributed by atoms with van der Waals surface area (Å²) in [7, 11) is 2.59. The summed E-state index contributed by atoms with van der Waals surface area (Å²) in [6.45, 7) is 3.43. The minimum atomic E-state index is -0.654. The first-order valence-corrected chi connectivity index (χ1v) is 10.3. The van der Waals surface area contributed by atoms with Gasteiger partial charge < -0.3 is 20.1 Å². The average molecular weight is 455 g/mol. The maximum Gasteiger partial charge on any atom is 0.328 e. The molecule has 0 radical (unpaired) electrons. The predicted octanol–water partition coefficient (Wildman–Crippen LogP) is 2.90. The first-order valence-electron chi connectivity index (χ1n) is 10.3. The number of nitrogens with one attached hydrogen (secondary N) is 2. The van der Waals surface area contributed by atoms with E-state index in [-0.39, 0.29) is 11.8 Å². The number of amides is 2. The van der Waals surface area contributed by atoms with Crippen LogP contribution in [0.5, 0.6) is 0 Å². The molecule has 2 amide bonds. The number of hydrogen-bond donors (Lipinski definition) is 2. The van der Waals surface area contributed by atoms with E-state index in [1.807, 2.05) is 31.2 Å². The summed E-state index contributed by atoms with van der Waals surface area (Å²) in [6.07, 6.45) is 4.05. The molecule has 33 heavy (non-hydrogen) atoms. The fourth-order valence-electron chi connectivity index (χ4n) is 2.56. The number of hydrogen-bond acceptors (Lipinski definition) is 6. The number of carbonyl (C=O) groups is 4. The molecular weight excluding hydrogens is 424 g/mol. The Balaban J connectivity index is 0.000000335. The molecule has 0 aliphatic heterocycles. The Bertz CT molecular complexity index is 928. The van der Waals surface area contributed by atoms with E-state index in [1.165, 1.54) is 14.2 Å². The fraction of sp³-hybridized carbons (Fsp3) is 0.280. The highest BCUT2D eigenvalue weighted by molar-refractivity contribution is 5.97. The van der Waals surface area contributed by atoms with Crippen molar-refractivity contribution in [3.8, 4) is 0 Å². The highest BCUT2D eigenvalue weighted by Gasteiger charge is 2.20. The highest BCUT2D eigenvalue weighted by atomic mass is 16.5. The molecule has 0 aliphatic rings. The Labute approximate surface area is 194 Å². The standard InChI is InChI=1S/C14H17NO3.C11H13NO3/c1-3-4-10-12(14(17)18-2)15-13(16)11-8-6-5-7-9-11;1-8(11(14)15-2)12-10(13)9-6-4-3-5-7-9/h3-9,12H,10H2,1-2H3,(H,15,16);3-8H,1-2H3,(H,12,13)/b4-3+;/t12-;/m0./s1. The zero-order valence-electron chi connectivity index (χ0n) is 19.2. The van der Waals surface area contributed by atoms with Crippen LogP contribution in [0.4, 0.5) is 0 Å². The summed E-state index contributed by atoms with van der Waals surface area (Å²) >= 11 is 0. The Kier molecular flexibility index (Phi) is 12.3. The topological polar surface area (TPSA) is 111 Å². The molecule has 2 rings (SSSR count). The molecule has 0 heterocycles. The monoisotopic (exact) mass is 454 g/mol. The number of esters is 2. The fourth-order valence-corrected chi connectivity index (χ4v) is 2.56. The van der Waals surface area contributed by atoms with Gasteiger partial charge in [0.1, 0.15) is 12.1 Å². The van der Waals surface area contributed by atoms with Crippen molar-refractivity contribution in [2.45, 2.75) is 32.4 Å². The first kappa shape index (κ1) is 27.1. The van der Waals surface area contributed by atoms with Crippen molar-refractivity contribution in [3.63, 3.8) is 0 Å². The van der Waals surface area contributed by atoms with E-state index >= 15 is 0 Å². The normalized spacial score (nSPS) is 11.9. The number of allylic oxidation sites excluding steroid dienone is 1. The second kappa shape index (κ2) is 15.0. The zero-order valence-corrected chi connectivity index (χ0v) is 19.2. The number of methoxy groups -OCH3 is 2. The molecule has 0 fully saturated rings. The average Bonchev–Trinajstić information content (AvgIpc) is 2.86. The lowest BCUT2D eigenvalue weighted by molar-refractivity contribution is -0.143. The van der Waals surface area contributed by atoms with Crippen molar-refractivity contribution in [3.05, 3.63) is 83.9 Å². The van der Waals surface area contributed by atoms with E-state index in [4.69, 9.17) is 0 Å². The summed E-state index contributed by atoms with van der Waals surface area (Å²) < 4.78 is 9.15. The largest absolute Gasteiger partial charge is 0.467 e. The molecule has 0 spiro atoms. The molecule has 8 heteroatoms. The maximum absolute atomic E-state index is 11.9. The first-order chi connectivity index (χ1) is 15.8. The van der Waals surface area contributed by atoms with Gasteiger partial charge in [0.25, 0.3) is 11.8 Å². The summed E-state index contributed by atoms with van der Waals surface area (Å²) in [5.74, 6) is -1.47. The molecule has 2 aromatic rings. The van der Waals surface area contributed by atoms with Crippen molar-refractivity contribution in [2.75, 3.05) is 14.2 Å². The molecule has 0 aromatic heterocycles. The van der Waals surface area contributed by atoms with Gasteiger partial charge in [-0.1, -0.05) is 48.6 Å². The van der Waals surface area contributed by atoms with Crippen molar-refractivity contribution in [1.82, 2.24) is 10.6 Å².